The second-order valence-corrected chi connectivity index (χ2v) is 17.3. The second-order valence-electron chi connectivity index (χ2n) is 15.8. The van der Waals surface area contributed by atoms with Gasteiger partial charge in [-0.2, -0.15) is 0 Å². The second kappa shape index (κ2) is 40.4. The van der Waals surface area contributed by atoms with Crippen molar-refractivity contribution in [3.8, 4) is 0 Å². The Morgan fingerprint density at radius 2 is 1.00 bits per heavy atom. The van der Waals surface area contributed by atoms with Crippen molar-refractivity contribution in [3.63, 3.8) is 0 Å². The molecule has 0 fully saturated rings. The Bertz CT molecular complexity index is 878. The molecule has 10 heteroatoms. The summed E-state index contributed by atoms with van der Waals surface area (Å²) in [6.45, 7) is 4.06. The van der Waals surface area contributed by atoms with Gasteiger partial charge in [-0.3, -0.25) is 13.8 Å². The molecule has 0 heterocycles. The molecule has 322 valence electrons. The zero-order valence-electron chi connectivity index (χ0n) is 35.3. The molecule has 9 nitrogen and oxygen atoms in total. The van der Waals surface area contributed by atoms with Gasteiger partial charge in [0.2, 0.25) is 5.91 Å². The first kappa shape index (κ1) is 53.2. The Hall–Kier alpha value is -0.800. The summed E-state index contributed by atoms with van der Waals surface area (Å²) in [5.41, 5.74) is 5.37. The maximum Gasteiger partial charge on any atom is 0.472 e. The van der Waals surface area contributed by atoms with Gasteiger partial charge in [-0.25, -0.2) is 4.57 Å². The largest absolute Gasteiger partial charge is 0.472 e. The first-order valence-corrected chi connectivity index (χ1v) is 24.4. The molecule has 1 amide bonds. The average Bonchev–Trinajstić information content (AvgIpc) is 3.15. The molecule has 0 aromatic heterocycles. The van der Waals surface area contributed by atoms with Crippen molar-refractivity contribution in [1.82, 2.24) is 5.32 Å². The molecule has 0 saturated heterocycles. The number of phosphoric acid groups is 1. The molecule has 0 aliphatic heterocycles. The van der Waals surface area contributed by atoms with Crippen molar-refractivity contribution in [3.05, 3.63) is 12.2 Å². The van der Waals surface area contributed by atoms with E-state index >= 15 is 0 Å². The van der Waals surface area contributed by atoms with Gasteiger partial charge < -0.3 is 26.2 Å². The molecule has 0 spiro atoms. The van der Waals surface area contributed by atoms with Crippen LogP contribution in [0.4, 0.5) is 0 Å². The SMILES string of the molecule is CCCCCCCCCCC/C=C\CCCCCC(O)CC(=O)NC(COP(=O)(O)OCCN)C(O)CCCCCCCCCCCCCCCCCC. The van der Waals surface area contributed by atoms with E-state index in [2.05, 4.69) is 31.3 Å². The predicted molar refractivity (Wildman–Crippen MR) is 228 cm³/mol. The van der Waals surface area contributed by atoms with E-state index in [4.69, 9.17) is 14.8 Å². The monoisotopic (exact) mass is 789 g/mol. The van der Waals surface area contributed by atoms with Crippen LogP contribution in [0.5, 0.6) is 0 Å². The Balaban J connectivity index is 4.25. The minimum absolute atomic E-state index is 0.0595. The summed E-state index contributed by atoms with van der Waals surface area (Å²) in [4.78, 5) is 22.8. The standard InChI is InChI=1S/C44H89N2O7P/c1-3-5-7-9-11-13-15-17-19-21-23-25-27-29-31-33-35-41(47)39-44(49)46-42(40-53-54(50,51)52-38-37-45)43(48)36-34-32-30-28-26-24-22-20-18-16-14-12-10-8-6-4-2/h23,25,41-43,47-48H,3-22,24,26-40,45H2,1-2H3,(H,46,49)(H,50,51)/b25-23-. The lowest BCUT2D eigenvalue weighted by Crippen LogP contribution is -2.47. The van der Waals surface area contributed by atoms with Gasteiger partial charge in [-0.1, -0.05) is 193 Å². The van der Waals surface area contributed by atoms with Crippen LogP contribution in [0.3, 0.4) is 0 Å². The summed E-state index contributed by atoms with van der Waals surface area (Å²) in [7, 11) is -4.38. The third kappa shape index (κ3) is 38.1. The number of aliphatic hydroxyl groups excluding tert-OH is 2. The van der Waals surface area contributed by atoms with Crippen LogP contribution < -0.4 is 11.1 Å². The van der Waals surface area contributed by atoms with Crippen molar-refractivity contribution in [2.24, 2.45) is 5.73 Å². The van der Waals surface area contributed by atoms with Gasteiger partial charge >= 0.3 is 7.82 Å². The van der Waals surface area contributed by atoms with Gasteiger partial charge in [0.05, 0.1) is 37.9 Å². The number of allylic oxidation sites excluding steroid dienone is 2. The number of carbonyl (C=O) groups is 1. The summed E-state index contributed by atoms with van der Waals surface area (Å²) in [5.74, 6) is -0.419. The molecule has 0 aliphatic rings. The van der Waals surface area contributed by atoms with Crippen LogP contribution in [0, 0.1) is 0 Å². The Kier molecular flexibility index (Phi) is 39.8. The number of rotatable bonds is 43. The molecule has 54 heavy (non-hydrogen) atoms. The van der Waals surface area contributed by atoms with E-state index in [0.29, 0.717) is 12.8 Å². The maximum absolute atomic E-state index is 12.8. The van der Waals surface area contributed by atoms with E-state index in [9.17, 15) is 24.5 Å². The van der Waals surface area contributed by atoms with Crippen molar-refractivity contribution >= 4 is 13.7 Å². The van der Waals surface area contributed by atoms with Crippen LogP contribution in [0.25, 0.3) is 0 Å². The number of nitrogens with one attached hydrogen (secondary N) is 1. The van der Waals surface area contributed by atoms with E-state index in [1.54, 1.807) is 0 Å². The minimum atomic E-state index is -4.38. The Morgan fingerprint density at radius 1 is 0.611 bits per heavy atom. The lowest BCUT2D eigenvalue weighted by molar-refractivity contribution is -0.125. The van der Waals surface area contributed by atoms with Crippen LogP contribution in [-0.2, 0) is 18.4 Å². The number of unbranched alkanes of at least 4 members (excludes halogenated alkanes) is 27. The van der Waals surface area contributed by atoms with E-state index in [-0.39, 0.29) is 26.2 Å². The molecular weight excluding hydrogens is 699 g/mol. The molecule has 4 atom stereocenters. The van der Waals surface area contributed by atoms with Crippen LogP contribution in [0.2, 0.25) is 0 Å². The zero-order chi connectivity index (χ0) is 39.8. The third-order valence-corrected chi connectivity index (χ3v) is 11.4. The Morgan fingerprint density at radius 3 is 1.44 bits per heavy atom. The summed E-state index contributed by atoms with van der Waals surface area (Å²) < 4.78 is 22.2. The predicted octanol–water partition coefficient (Wildman–Crippen LogP) is 11.8. The van der Waals surface area contributed by atoms with E-state index < -0.39 is 32.0 Å². The van der Waals surface area contributed by atoms with Crippen molar-refractivity contribution in [1.29, 1.82) is 0 Å². The van der Waals surface area contributed by atoms with Gasteiger partial charge in [0.15, 0.2) is 0 Å². The molecule has 6 N–H and O–H groups in total. The number of nitrogens with two attached hydrogens (primary N) is 1. The number of phosphoric ester groups is 1. The van der Waals surface area contributed by atoms with E-state index in [1.165, 1.54) is 141 Å². The fourth-order valence-corrected chi connectivity index (χ4v) is 7.70. The van der Waals surface area contributed by atoms with Crippen LogP contribution >= 0.6 is 7.82 Å². The molecule has 0 aromatic rings. The molecule has 0 saturated carbocycles. The van der Waals surface area contributed by atoms with Crippen LogP contribution in [0.1, 0.15) is 226 Å². The van der Waals surface area contributed by atoms with Crippen molar-refractivity contribution in [2.45, 2.75) is 244 Å². The average molecular weight is 789 g/mol. The first-order chi connectivity index (χ1) is 26.3. The van der Waals surface area contributed by atoms with Gasteiger partial charge in [-0.05, 0) is 38.5 Å². The molecule has 0 radical (unpaired) electrons. The minimum Gasteiger partial charge on any atom is -0.393 e. The summed E-state index contributed by atoms with van der Waals surface area (Å²) in [6.07, 6.45) is 41.1. The van der Waals surface area contributed by atoms with Gasteiger partial charge in [-0.15, -0.1) is 0 Å². The molecule has 0 bridgehead atoms. The highest BCUT2D eigenvalue weighted by molar-refractivity contribution is 7.47. The fraction of sp³-hybridized carbons (Fsp3) is 0.932. The number of hydrogen-bond donors (Lipinski definition) is 5. The highest BCUT2D eigenvalue weighted by Crippen LogP contribution is 2.43. The first-order valence-electron chi connectivity index (χ1n) is 22.9. The number of carbonyl (C=O) groups excluding carboxylic acids is 1. The summed E-state index contributed by atoms with van der Waals surface area (Å²) >= 11 is 0. The zero-order valence-corrected chi connectivity index (χ0v) is 36.2. The molecule has 0 rings (SSSR count). The molecular formula is C44H89N2O7P. The van der Waals surface area contributed by atoms with Gasteiger partial charge in [0.25, 0.3) is 0 Å². The molecule has 0 aliphatic carbocycles. The van der Waals surface area contributed by atoms with Crippen LogP contribution in [0.15, 0.2) is 12.2 Å². The van der Waals surface area contributed by atoms with Crippen molar-refractivity contribution in [2.75, 3.05) is 19.8 Å². The van der Waals surface area contributed by atoms with Gasteiger partial charge in [0, 0.05) is 6.54 Å². The quantitative estimate of drug-likeness (QED) is 0.0233. The van der Waals surface area contributed by atoms with E-state index in [1.807, 2.05) is 0 Å². The topological polar surface area (TPSA) is 151 Å². The summed E-state index contributed by atoms with van der Waals surface area (Å²) in [6, 6.07) is -0.898. The number of aliphatic hydroxyl groups is 2. The smallest absolute Gasteiger partial charge is 0.393 e. The lowest BCUT2D eigenvalue weighted by atomic mass is 10.0. The molecule has 4 unspecified atom stereocenters. The highest BCUT2D eigenvalue weighted by atomic mass is 31.2. The third-order valence-electron chi connectivity index (χ3n) is 10.4. The normalized spacial score (nSPS) is 14.7. The summed E-state index contributed by atoms with van der Waals surface area (Å²) in [5, 5.41) is 24.2. The van der Waals surface area contributed by atoms with E-state index in [0.717, 1.165) is 51.4 Å². The van der Waals surface area contributed by atoms with Crippen molar-refractivity contribution < 1.29 is 33.5 Å². The molecule has 0 aromatic carbocycles. The highest BCUT2D eigenvalue weighted by Gasteiger charge is 2.28. The Labute approximate surface area is 333 Å². The maximum atomic E-state index is 12.8. The number of hydrogen-bond acceptors (Lipinski definition) is 7. The lowest BCUT2D eigenvalue weighted by Gasteiger charge is -2.25. The fourth-order valence-electron chi connectivity index (χ4n) is 6.94. The van der Waals surface area contributed by atoms with Gasteiger partial charge in [0.1, 0.15) is 0 Å². The number of amides is 1. The van der Waals surface area contributed by atoms with Crippen LogP contribution in [-0.4, -0.2) is 59.0 Å².